The number of hydrogen-bond acceptors (Lipinski definition) is 4. The van der Waals surface area contributed by atoms with E-state index in [0.717, 1.165) is 22.4 Å². The first kappa shape index (κ1) is 18.8. The van der Waals surface area contributed by atoms with E-state index in [0.29, 0.717) is 24.5 Å². The SMILES string of the molecule is Cc1ccc(NC(=O)C2CNc3cc(C)ccc3O2)c(C#CCN(C)C)c1. The lowest BCUT2D eigenvalue weighted by molar-refractivity contribution is -0.122. The van der Waals surface area contributed by atoms with Crippen LogP contribution >= 0.6 is 0 Å². The van der Waals surface area contributed by atoms with E-state index in [1.807, 2.05) is 69.2 Å². The van der Waals surface area contributed by atoms with Gasteiger partial charge in [-0.2, -0.15) is 0 Å². The molecular weight excluding hydrogens is 338 g/mol. The lowest BCUT2D eigenvalue weighted by Gasteiger charge is -2.27. The Morgan fingerprint density at radius 2 is 1.96 bits per heavy atom. The van der Waals surface area contributed by atoms with Crippen molar-refractivity contribution in [3.05, 3.63) is 53.1 Å². The van der Waals surface area contributed by atoms with E-state index in [2.05, 4.69) is 22.5 Å². The molecule has 2 aromatic carbocycles. The summed E-state index contributed by atoms with van der Waals surface area (Å²) in [6.45, 7) is 5.12. The van der Waals surface area contributed by atoms with Crippen LogP contribution in [0.15, 0.2) is 36.4 Å². The molecule has 1 amide bonds. The number of aryl methyl sites for hydroxylation is 2. The minimum absolute atomic E-state index is 0.187. The van der Waals surface area contributed by atoms with Gasteiger partial charge in [0, 0.05) is 5.56 Å². The van der Waals surface area contributed by atoms with E-state index in [9.17, 15) is 4.79 Å². The van der Waals surface area contributed by atoms with Crippen LogP contribution in [-0.2, 0) is 4.79 Å². The van der Waals surface area contributed by atoms with Gasteiger partial charge in [-0.15, -0.1) is 0 Å². The molecule has 2 N–H and O–H groups in total. The van der Waals surface area contributed by atoms with Gasteiger partial charge < -0.3 is 15.4 Å². The minimum atomic E-state index is -0.593. The van der Waals surface area contributed by atoms with Crippen LogP contribution in [0.4, 0.5) is 11.4 Å². The van der Waals surface area contributed by atoms with Gasteiger partial charge in [-0.3, -0.25) is 9.69 Å². The van der Waals surface area contributed by atoms with Crippen LogP contribution in [-0.4, -0.2) is 44.1 Å². The molecule has 27 heavy (non-hydrogen) atoms. The Morgan fingerprint density at radius 3 is 2.74 bits per heavy atom. The zero-order chi connectivity index (χ0) is 19.4. The number of ether oxygens (including phenoxy) is 1. The Bertz CT molecular complexity index is 910. The van der Waals surface area contributed by atoms with E-state index >= 15 is 0 Å². The molecule has 1 atom stereocenters. The van der Waals surface area contributed by atoms with Crippen LogP contribution in [0.25, 0.3) is 0 Å². The Morgan fingerprint density at radius 1 is 1.22 bits per heavy atom. The molecular formula is C22H25N3O2. The van der Waals surface area contributed by atoms with Crippen LogP contribution in [0.3, 0.4) is 0 Å². The molecule has 0 fully saturated rings. The zero-order valence-corrected chi connectivity index (χ0v) is 16.2. The van der Waals surface area contributed by atoms with Gasteiger partial charge in [-0.05, 0) is 63.3 Å². The molecule has 0 aromatic heterocycles. The lowest BCUT2D eigenvalue weighted by Crippen LogP contribution is -2.41. The molecule has 5 heteroatoms. The molecule has 0 saturated carbocycles. The van der Waals surface area contributed by atoms with Crippen molar-refractivity contribution in [1.82, 2.24) is 4.90 Å². The van der Waals surface area contributed by atoms with Crippen molar-refractivity contribution in [2.24, 2.45) is 0 Å². The smallest absolute Gasteiger partial charge is 0.267 e. The summed E-state index contributed by atoms with van der Waals surface area (Å²) < 4.78 is 5.88. The quantitative estimate of drug-likeness (QED) is 0.823. The number of fused-ring (bicyclic) bond motifs is 1. The fraction of sp³-hybridized carbons (Fsp3) is 0.318. The average molecular weight is 363 g/mol. The molecule has 0 aliphatic carbocycles. The van der Waals surface area contributed by atoms with Crippen molar-refractivity contribution in [2.75, 3.05) is 37.8 Å². The highest BCUT2D eigenvalue weighted by Gasteiger charge is 2.26. The summed E-state index contributed by atoms with van der Waals surface area (Å²) in [7, 11) is 3.95. The van der Waals surface area contributed by atoms with Crippen molar-refractivity contribution in [2.45, 2.75) is 20.0 Å². The summed E-state index contributed by atoms with van der Waals surface area (Å²) in [4.78, 5) is 14.7. The van der Waals surface area contributed by atoms with E-state index < -0.39 is 6.10 Å². The molecule has 1 aliphatic heterocycles. The summed E-state index contributed by atoms with van der Waals surface area (Å²) in [5.74, 6) is 6.78. The normalized spacial score (nSPS) is 15.1. The number of amides is 1. The largest absolute Gasteiger partial charge is 0.477 e. The number of hydrogen-bond donors (Lipinski definition) is 2. The Hall–Kier alpha value is -2.97. The molecule has 0 radical (unpaired) electrons. The maximum Gasteiger partial charge on any atom is 0.267 e. The Balaban J connectivity index is 1.74. The van der Waals surface area contributed by atoms with Crippen LogP contribution in [0.2, 0.25) is 0 Å². The second-order valence-corrected chi connectivity index (χ2v) is 7.06. The van der Waals surface area contributed by atoms with E-state index in [-0.39, 0.29) is 5.91 Å². The molecule has 1 aliphatic rings. The van der Waals surface area contributed by atoms with Crippen molar-refractivity contribution >= 4 is 17.3 Å². The number of benzene rings is 2. The van der Waals surface area contributed by atoms with Gasteiger partial charge in [-0.1, -0.05) is 24.0 Å². The second kappa shape index (κ2) is 8.15. The monoisotopic (exact) mass is 363 g/mol. The highest BCUT2D eigenvalue weighted by atomic mass is 16.5. The van der Waals surface area contributed by atoms with E-state index in [4.69, 9.17) is 4.74 Å². The van der Waals surface area contributed by atoms with Crippen LogP contribution in [0.1, 0.15) is 16.7 Å². The standard InChI is InChI=1S/C22H25N3O2/c1-15-7-9-18(17(12-15)6-5-11-25(3)4)24-22(26)21-14-23-19-13-16(2)8-10-20(19)27-21/h7-10,12-13,21,23H,11,14H2,1-4H3,(H,24,26). The van der Waals surface area contributed by atoms with Gasteiger partial charge in [0.25, 0.3) is 5.91 Å². The highest BCUT2D eigenvalue weighted by molar-refractivity contribution is 5.96. The maximum absolute atomic E-state index is 12.7. The van der Waals surface area contributed by atoms with E-state index in [1.54, 1.807) is 0 Å². The van der Waals surface area contributed by atoms with Gasteiger partial charge in [0.05, 0.1) is 24.5 Å². The first-order valence-corrected chi connectivity index (χ1v) is 8.98. The first-order valence-electron chi connectivity index (χ1n) is 8.98. The van der Waals surface area contributed by atoms with Gasteiger partial charge >= 0.3 is 0 Å². The molecule has 0 bridgehead atoms. The number of rotatable bonds is 3. The Kier molecular flexibility index (Phi) is 5.68. The molecule has 5 nitrogen and oxygen atoms in total. The van der Waals surface area contributed by atoms with Gasteiger partial charge in [-0.25, -0.2) is 0 Å². The van der Waals surface area contributed by atoms with E-state index in [1.165, 1.54) is 0 Å². The summed E-state index contributed by atoms with van der Waals surface area (Å²) in [5.41, 5.74) is 4.68. The van der Waals surface area contributed by atoms with Crippen LogP contribution in [0, 0.1) is 25.7 Å². The van der Waals surface area contributed by atoms with Crippen molar-refractivity contribution in [3.8, 4) is 17.6 Å². The van der Waals surface area contributed by atoms with Crippen molar-refractivity contribution in [1.29, 1.82) is 0 Å². The lowest BCUT2D eigenvalue weighted by atomic mass is 10.1. The fourth-order valence-corrected chi connectivity index (χ4v) is 2.81. The summed E-state index contributed by atoms with van der Waals surface area (Å²) in [6.07, 6.45) is -0.593. The second-order valence-electron chi connectivity index (χ2n) is 7.06. The highest BCUT2D eigenvalue weighted by Crippen LogP contribution is 2.30. The number of nitrogens with zero attached hydrogens (tertiary/aromatic N) is 1. The molecule has 1 unspecified atom stereocenters. The third kappa shape index (κ3) is 4.81. The molecule has 1 heterocycles. The molecule has 2 aromatic rings. The number of carbonyl (C=O) groups is 1. The summed E-state index contributed by atoms with van der Waals surface area (Å²) in [5, 5.41) is 6.24. The Labute approximate surface area is 160 Å². The summed E-state index contributed by atoms with van der Waals surface area (Å²) >= 11 is 0. The number of anilines is 2. The third-order valence-electron chi connectivity index (χ3n) is 4.23. The number of nitrogens with one attached hydrogen (secondary N) is 2. The minimum Gasteiger partial charge on any atom is -0.477 e. The number of carbonyl (C=O) groups excluding carboxylic acids is 1. The molecule has 0 spiro atoms. The molecule has 140 valence electrons. The average Bonchev–Trinajstić information content (AvgIpc) is 2.63. The molecule has 0 saturated heterocycles. The molecule has 3 rings (SSSR count). The third-order valence-corrected chi connectivity index (χ3v) is 4.23. The first-order chi connectivity index (χ1) is 12.9. The fourth-order valence-electron chi connectivity index (χ4n) is 2.81. The van der Waals surface area contributed by atoms with Gasteiger partial charge in [0.2, 0.25) is 0 Å². The predicted octanol–water partition coefficient (Wildman–Crippen LogP) is 3.03. The van der Waals surface area contributed by atoms with Crippen molar-refractivity contribution in [3.63, 3.8) is 0 Å². The maximum atomic E-state index is 12.7. The topological polar surface area (TPSA) is 53.6 Å². The predicted molar refractivity (Wildman–Crippen MR) is 109 cm³/mol. The van der Waals surface area contributed by atoms with Crippen LogP contribution in [0.5, 0.6) is 5.75 Å². The zero-order valence-electron chi connectivity index (χ0n) is 16.2. The van der Waals surface area contributed by atoms with Gasteiger partial charge in [0.1, 0.15) is 5.75 Å². The van der Waals surface area contributed by atoms with Crippen molar-refractivity contribution < 1.29 is 9.53 Å². The summed E-state index contributed by atoms with van der Waals surface area (Å²) in [6, 6.07) is 11.7. The van der Waals surface area contributed by atoms with Gasteiger partial charge in [0.15, 0.2) is 6.10 Å². The van der Waals surface area contributed by atoms with Crippen LogP contribution < -0.4 is 15.4 Å².